The molecule has 0 aromatic heterocycles. The monoisotopic (exact) mass is 242 g/mol. The molecule has 4 N–H and O–H groups in total. The first kappa shape index (κ1) is 14.5. The summed E-state index contributed by atoms with van der Waals surface area (Å²) in [6.07, 6.45) is 5.19. The highest BCUT2D eigenvalue weighted by Gasteiger charge is 2.25. The van der Waals surface area contributed by atoms with Crippen molar-refractivity contribution >= 4 is 5.91 Å². The second-order valence-electron chi connectivity index (χ2n) is 5.10. The van der Waals surface area contributed by atoms with Crippen molar-refractivity contribution in [1.29, 1.82) is 0 Å². The summed E-state index contributed by atoms with van der Waals surface area (Å²) in [4.78, 5) is 11.8. The van der Waals surface area contributed by atoms with Crippen molar-refractivity contribution in [2.24, 2.45) is 17.6 Å². The van der Waals surface area contributed by atoms with E-state index in [0.29, 0.717) is 18.9 Å². The average molecular weight is 242 g/mol. The Balaban J connectivity index is 2.16. The number of amides is 1. The molecule has 1 rings (SSSR count). The maximum absolute atomic E-state index is 11.8. The van der Waals surface area contributed by atoms with E-state index < -0.39 is 0 Å². The standard InChI is InChI=1S/C13H26N2O2/c1-2-12(16)7-8-15-13(17)11-5-3-10(9-14)4-6-11/h10-12,16H,2-9,14H2,1H3,(H,15,17). The lowest BCUT2D eigenvalue weighted by Gasteiger charge is -2.26. The minimum atomic E-state index is -0.289. The van der Waals surface area contributed by atoms with Crippen LogP contribution >= 0.6 is 0 Å². The predicted octanol–water partition coefficient (Wildman–Crippen LogP) is 1.03. The molecule has 1 saturated carbocycles. The van der Waals surface area contributed by atoms with Gasteiger partial charge in [-0.05, 0) is 51.0 Å². The summed E-state index contributed by atoms with van der Waals surface area (Å²) in [7, 11) is 0. The third-order valence-corrected chi connectivity index (χ3v) is 3.80. The van der Waals surface area contributed by atoms with E-state index >= 15 is 0 Å². The molecular weight excluding hydrogens is 216 g/mol. The molecule has 0 spiro atoms. The van der Waals surface area contributed by atoms with E-state index in [4.69, 9.17) is 5.73 Å². The summed E-state index contributed by atoms with van der Waals surface area (Å²) in [6, 6.07) is 0. The van der Waals surface area contributed by atoms with Gasteiger partial charge in [-0.15, -0.1) is 0 Å². The van der Waals surface area contributed by atoms with Gasteiger partial charge in [0.25, 0.3) is 0 Å². The van der Waals surface area contributed by atoms with E-state index in [0.717, 1.165) is 38.6 Å². The molecule has 1 amide bonds. The van der Waals surface area contributed by atoms with Gasteiger partial charge in [0.15, 0.2) is 0 Å². The minimum absolute atomic E-state index is 0.156. The fourth-order valence-electron chi connectivity index (χ4n) is 2.37. The number of aliphatic hydroxyl groups excluding tert-OH is 1. The lowest BCUT2D eigenvalue weighted by atomic mass is 9.81. The van der Waals surface area contributed by atoms with Crippen molar-refractivity contribution in [3.8, 4) is 0 Å². The van der Waals surface area contributed by atoms with E-state index in [9.17, 15) is 9.90 Å². The normalized spacial score (nSPS) is 26.5. The third-order valence-electron chi connectivity index (χ3n) is 3.80. The molecule has 0 saturated heterocycles. The smallest absolute Gasteiger partial charge is 0.223 e. The lowest BCUT2D eigenvalue weighted by molar-refractivity contribution is -0.126. The van der Waals surface area contributed by atoms with Crippen molar-refractivity contribution in [3.05, 3.63) is 0 Å². The van der Waals surface area contributed by atoms with Crippen LogP contribution in [0.15, 0.2) is 0 Å². The number of nitrogens with two attached hydrogens (primary N) is 1. The summed E-state index contributed by atoms with van der Waals surface area (Å²) in [5.74, 6) is 0.932. The molecule has 1 unspecified atom stereocenters. The van der Waals surface area contributed by atoms with Gasteiger partial charge in [-0.25, -0.2) is 0 Å². The van der Waals surface area contributed by atoms with Crippen molar-refractivity contribution in [2.75, 3.05) is 13.1 Å². The Bertz CT molecular complexity index is 225. The molecule has 0 radical (unpaired) electrons. The molecule has 4 heteroatoms. The van der Waals surface area contributed by atoms with E-state index in [-0.39, 0.29) is 17.9 Å². The Hall–Kier alpha value is -0.610. The summed E-state index contributed by atoms with van der Waals surface area (Å²) < 4.78 is 0. The van der Waals surface area contributed by atoms with Gasteiger partial charge in [-0.1, -0.05) is 6.92 Å². The molecule has 1 aliphatic carbocycles. The van der Waals surface area contributed by atoms with Crippen LogP contribution in [-0.4, -0.2) is 30.2 Å². The second kappa shape index (κ2) is 7.67. The SMILES string of the molecule is CCC(O)CCNC(=O)C1CCC(CN)CC1. The molecule has 0 aliphatic heterocycles. The number of carbonyl (C=O) groups is 1. The zero-order chi connectivity index (χ0) is 12.7. The van der Waals surface area contributed by atoms with Gasteiger partial charge in [0, 0.05) is 12.5 Å². The second-order valence-corrected chi connectivity index (χ2v) is 5.10. The first-order valence-electron chi connectivity index (χ1n) is 6.83. The van der Waals surface area contributed by atoms with E-state index in [1.807, 2.05) is 6.92 Å². The largest absolute Gasteiger partial charge is 0.393 e. The van der Waals surface area contributed by atoms with Crippen LogP contribution in [0.1, 0.15) is 45.4 Å². The predicted molar refractivity (Wildman–Crippen MR) is 68.4 cm³/mol. The summed E-state index contributed by atoms with van der Waals surface area (Å²) in [5.41, 5.74) is 5.63. The molecule has 1 aliphatic rings. The maximum Gasteiger partial charge on any atom is 0.223 e. The Morgan fingerprint density at radius 2 is 2.06 bits per heavy atom. The van der Waals surface area contributed by atoms with Crippen molar-refractivity contribution in [1.82, 2.24) is 5.32 Å². The molecule has 0 aromatic carbocycles. The van der Waals surface area contributed by atoms with Gasteiger partial charge in [-0.2, -0.15) is 0 Å². The van der Waals surface area contributed by atoms with Crippen molar-refractivity contribution in [3.63, 3.8) is 0 Å². The molecule has 17 heavy (non-hydrogen) atoms. The minimum Gasteiger partial charge on any atom is -0.393 e. The number of rotatable bonds is 6. The molecule has 0 bridgehead atoms. The summed E-state index contributed by atoms with van der Waals surface area (Å²) in [6.45, 7) is 3.28. The van der Waals surface area contributed by atoms with Gasteiger partial charge in [0.05, 0.1) is 6.10 Å². The Morgan fingerprint density at radius 3 is 2.59 bits per heavy atom. The van der Waals surface area contributed by atoms with Crippen molar-refractivity contribution < 1.29 is 9.90 Å². The van der Waals surface area contributed by atoms with Crippen LogP contribution in [0.3, 0.4) is 0 Å². The highest BCUT2D eigenvalue weighted by atomic mass is 16.3. The summed E-state index contributed by atoms with van der Waals surface area (Å²) >= 11 is 0. The molecule has 4 nitrogen and oxygen atoms in total. The van der Waals surface area contributed by atoms with Crippen LogP contribution in [0.25, 0.3) is 0 Å². The molecule has 0 heterocycles. The molecule has 1 atom stereocenters. The van der Waals surface area contributed by atoms with Crippen molar-refractivity contribution in [2.45, 2.75) is 51.6 Å². The average Bonchev–Trinajstić information content (AvgIpc) is 2.38. The lowest BCUT2D eigenvalue weighted by Crippen LogP contribution is -2.35. The maximum atomic E-state index is 11.8. The molecule has 0 aromatic rings. The highest BCUT2D eigenvalue weighted by Crippen LogP contribution is 2.28. The van der Waals surface area contributed by atoms with Gasteiger partial charge in [0.1, 0.15) is 0 Å². The first-order valence-corrected chi connectivity index (χ1v) is 6.83. The van der Waals surface area contributed by atoms with Gasteiger partial charge < -0.3 is 16.2 Å². The van der Waals surface area contributed by atoms with Gasteiger partial charge >= 0.3 is 0 Å². The number of hydrogen-bond acceptors (Lipinski definition) is 3. The fraction of sp³-hybridized carbons (Fsp3) is 0.923. The van der Waals surface area contributed by atoms with Crippen LogP contribution in [0, 0.1) is 11.8 Å². The fourth-order valence-corrected chi connectivity index (χ4v) is 2.37. The Morgan fingerprint density at radius 1 is 1.41 bits per heavy atom. The zero-order valence-electron chi connectivity index (χ0n) is 10.8. The van der Waals surface area contributed by atoms with Crippen LogP contribution in [0.2, 0.25) is 0 Å². The number of nitrogens with one attached hydrogen (secondary N) is 1. The van der Waals surface area contributed by atoms with Crippen LogP contribution in [0.5, 0.6) is 0 Å². The number of hydrogen-bond donors (Lipinski definition) is 3. The van der Waals surface area contributed by atoms with E-state index in [2.05, 4.69) is 5.32 Å². The third kappa shape index (κ3) is 5.04. The number of carbonyl (C=O) groups excluding carboxylic acids is 1. The van der Waals surface area contributed by atoms with E-state index in [1.165, 1.54) is 0 Å². The number of aliphatic hydroxyl groups is 1. The summed E-state index contributed by atoms with van der Waals surface area (Å²) in [5, 5.41) is 12.3. The molecular formula is C13H26N2O2. The van der Waals surface area contributed by atoms with Gasteiger partial charge in [0.2, 0.25) is 5.91 Å². The van der Waals surface area contributed by atoms with Crippen LogP contribution < -0.4 is 11.1 Å². The van der Waals surface area contributed by atoms with Crippen LogP contribution in [-0.2, 0) is 4.79 Å². The highest BCUT2D eigenvalue weighted by molar-refractivity contribution is 5.78. The topological polar surface area (TPSA) is 75.3 Å². The first-order chi connectivity index (χ1) is 8.17. The zero-order valence-corrected chi connectivity index (χ0v) is 10.8. The Labute approximate surface area is 104 Å². The van der Waals surface area contributed by atoms with Gasteiger partial charge in [-0.3, -0.25) is 4.79 Å². The molecule has 100 valence electrons. The molecule has 1 fully saturated rings. The van der Waals surface area contributed by atoms with Crippen LogP contribution in [0.4, 0.5) is 0 Å². The Kier molecular flexibility index (Phi) is 6.52. The quantitative estimate of drug-likeness (QED) is 0.651. The van der Waals surface area contributed by atoms with E-state index in [1.54, 1.807) is 0 Å².